The maximum Gasteiger partial charge on any atom is 0.213 e. The highest BCUT2D eigenvalue weighted by atomic mass is 16.4. The Balaban J connectivity index is 2.69. The minimum Gasteiger partial charge on any atom is -0.392 e. The number of hydrogen-bond donors (Lipinski definition) is 2. The largest absolute Gasteiger partial charge is 0.392 e. The van der Waals surface area contributed by atoms with Crippen LogP contribution < -0.4 is 0 Å². The van der Waals surface area contributed by atoms with E-state index < -0.39 is 23.8 Å². The van der Waals surface area contributed by atoms with E-state index in [2.05, 4.69) is 0 Å². The molecule has 1 aromatic carbocycles. The molecule has 1 aliphatic carbocycles. The zero-order chi connectivity index (χ0) is 11.9. The Morgan fingerprint density at radius 3 is 2.50 bits per heavy atom. The number of aliphatic hydroxyl groups excluding tert-OH is 1. The van der Waals surface area contributed by atoms with Gasteiger partial charge in [0.05, 0.1) is 6.61 Å². The summed E-state index contributed by atoms with van der Waals surface area (Å²) in [7, 11) is 0. The highest BCUT2D eigenvalue weighted by Crippen LogP contribution is 2.32. The first-order valence-corrected chi connectivity index (χ1v) is 5.11. The number of benzene rings is 1. The summed E-state index contributed by atoms with van der Waals surface area (Å²) in [6.07, 6.45) is 0.601. The molecule has 0 saturated carbocycles. The fourth-order valence-corrected chi connectivity index (χ4v) is 2.03. The van der Waals surface area contributed by atoms with Crippen LogP contribution in [0, 0.1) is 0 Å². The van der Waals surface area contributed by atoms with Gasteiger partial charge in [0, 0.05) is 11.1 Å². The molecule has 0 spiro atoms. The summed E-state index contributed by atoms with van der Waals surface area (Å²) in [5.74, 6) is -1.39. The average molecular weight is 220 g/mol. The zero-order valence-corrected chi connectivity index (χ0v) is 8.86. The Morgan fingerprint density at radius 1 is 1.25 bits per heavy atom. The SMILES string of the molecule is CCc1cccc2c1C(=O)C(O)(CO)C2=O. The number of carbonyl (C=O) groups is 2. The van der Waals surface area contributed by atoms with Gasteiger partial charge in [-0.3, -0.25) is 9.59 Å². The van der Waals surface area contributed by atoms with Gasteiger partial charge in [-0.2, -0.15) is 0 Å². The van der Waals surface area contributed by atoms with E-state index in [1.807, 2.05) is 6.92 Å². The number of carbonyl (C=O) groups excluding carboxylic acids is 2. The van der Waals surface area contributed by atoms with Crippen LogP contribution >= 0.6 is 0 Å². The molecule has 0 fully saturated rings. The third-order valence-electron chi connectivity index (χ3n) is 2.98. The maximum absolute atomic E-state index is 11.9. The molecule has 1 atom stereocenters. The lowest BCUT2D eigenvalue weighted by Gasteiger charge is -2.14. The Hall–Kier alpha value is -1.52. The normalized spacial score (nSPS) is 23.7. The molecule has 16 heavy (non-hydrogen) atoms. The van der Waals surface area contributed by atoms with E-state index in [0.717, 1.165) is 5.56 Å². The molecule has 1 unspecified atom stereocenters. The van der Waals surface area contributed by atoms with Gasteiger partial charge in [0.2, 0.25) is 17.2 Å². The van der Waals surface area contributed by atoms with Crippen molar-refractivity contribution in [3.63, 3.8) is 0 Å². The number of aryl methyl sites for hydroxylation is 1. The fourth-order valence-electron chi connectivity index (χ4n) is 2.03. The van der Waals surface area contributed by atoms with Gasteiger partial charge in [-0.05, 0) is 12.0 Å². The van der Waals surface area contributed by atoms with E-state index in [-0.39, 0.29) is 11.1 Å². The summed E-state index contributed by atoms with van der Waals surface area (Å²) in [5.41, 5.74) is -1.08. The zero-order valence-electron chi connectivity index (χ0n) is 8.86. The predicted octanol–water partition coefficient (Wildman–Crippen LogP) is 0.351. The van der Waals surface area contributed by atoms with E-state index in [4.69, 9.17) is 5.11 Å². The second-order valence-corrected chi connectivity index (χ2v) is 3.87. The van der Waals surface area contributed by atoms with Crippen molar-refractivity contribution in [1.29, 1.82) is 0 Å². The van der Waals surface area contributed by atoms with Crippen molar-refractivity contribution in [2.24, 2.45) is 0 Å². The first-order valence-electron chi connectivity index (χ1n) is 5.11. The molecular formula is C12H12O4. The first kappa shape index (κ1) is 11.0. The molecule has 1 aliphatic rings. The lowest BCUT2D eigenvalue weighted by molar-refractivity contribution is 0.00997. The summed E-state index contributed by atoms with van der Waals surface area (Å²) < 4.78 is 0. The van der Waals surface area contributed by atoms with Gasteiger partial charge < -0.3 is 10.2 Å². The Kier molecular flexibility index (Phi) is 2.40. The van der Waals surface area contributed by atoms with Crippen LogP contribution in [-0.4, -0.2) is 34.0 Å². The summed E-state index contributed by atoms with van der Waals surface area (Å²) in [4.78, 5) is 23.7. The van der Waals surface area contributed by atoms with Crippen molar-refractivity contribution in [3.05, 3.63) is 34.9 Å². The van der Waals surface area contributed by atoms with Crippen LogP contribution in [0.3, 0.4) is 0 Å². The summed E-state index contributed by atoms with van der Waals surface area (Å²) in [5, 5.41) is 18.8. The molecule has 2 rings (SSSR count). The van der Waals surface area contributed by atoms with Crippen molar-refractivity contribution in [2.75, 3.05) is 6.61 Å². The monoisotopic (exact) mass is 220 g/mol. The van der Waals surface area contributed by atoms with E-state index in [0.29, 0.717) is 6.42 Å². The fraction of sp³-hybridized carbons (Fsp3) is 0.333. The molecule has 0 amide bonds. The number of ketones is 2. The van der Waals surface area contributed by atoms with Crippen LogP contribution in [0.2, 0.25) is 0 Å². The summed E-state index contributed by atoms with van der Waals surface area (Å²) >= 11 is 0. The minimum atomic E-state index is -2.27. The maximum atomic E-state index is 11.9. The predicted molar refractivity (Wildman–Crippen MR) is 56.5 cm³/mol. The van der Waals surface area contributed by atoms with Crippen molar-refractivity contribution in [1.82, 2.24) is 0 Å². The second-order valence-electron chi connectivity index (χ2n) is 3.87. The number of Topliss-reactive ketones (excluding diaryl/α,β-unsaturated/α-hetero) is 2. The lowest BCUT2D eigenvalue weighted by Crippen LogP contribution is -2.44. The van der Waals surface area contributed by atoms with Crippen molar-refractivity contribution >= 4 is 11.6 Å². The van der Waals surface area contributed by atoms with E-state index in [1.54, 1.807) is 12.1 Å². The molecule has 1 aromatic rings. The number of rotatable bonds is 2. The van der Waals surface area contributed by atoms with Crippen molar-refractivity contribution in [3.8, 4) is 0 Å². The van der Waals surface area contributed by atoms with Crippen LogP contribution in [-0.2, 0) is 6.42 Å². The smallest absolute Gasteiger partial charge is 0.213 e. The van der Waals surface area contributed by atoms with Gasteiger partial charge in [0.1, 0.15) is 0 Å². The van der Waals surface area contributed by atoms with Gasteiger partial charge in [-0.15, -0.1) is 0 Å². The van der Waals surface area contributed by atoms with Gasteiger partial charge >= 0.3 is 0 Å². The number of aliphatic hydroxyl groups is 2. The van der Waals surface area contributed by atoms with Gasteiger partial charge in [-0.25, -0.2) is 0 Å². The van der Waals surface area contributed by atoms with Crippen LogP contribution in [0.15, 0.2) is 18.2 Å². The Bertz CT molecular complexity index is 478. The third kappa shape index (κ3) is 1.17. The topological polar surface area (TPSA) is 74.6 Å². The molecular weight excluding hydrogens is 208 g/mol. The lowest BCUT2D eigenvalue weighted by atomic mass is 9.98. The molecule has 0 radical (unpaired) electrons. The average Bonchev–Trinajstić information content (AvgIpc) is 2.52. The Morgan fingerprint density at radius 2 is 1.94 bits per heavy atom. The second kappa shape index (κ2) is 3.50. The van der Waals surface area contributed by atoms with Crippen LogP contribution in [0.4, 0.5) is 0 Å². The molecule has 4 nitrogen and oxygen atoms in total. The summed E-state index contributed by atoms with van der Waals surface area (Å²) in [6.45, 7) is 0.992. The van der Waals surface area contributed by atoms with Gasteiger partial charge in [0.25, 0.3) is 0 Å². The Labute approximate surface area is 92.5 Å². The summed E-state index contributed by atoms with van der Waals surface area (Å²) in [6, 6.07) is 4.92. The molecule has 4 heteroatoms. The highest BCUT2D eigenvalue weighted by Gasteiger charge is 2.52. The van der Waals surface area contributed by atoms with Gasteiger partial charge in [0.15, 0.2) is 0 Å². The first-order chi connectivity index (χ1) is 7.56. The van der Waals surface area contributed by atoms with E-state index >= 15 is 0 Å². The number of hydrogen-bond acceptors (Lipinski definition) is 4. The van der Waals surface area contributed by atoms with E-state index in [1.165, 1.54) is 6.07 Å². The molecule has 0 heterocycles. The molecule has 2 N–H and O–H groups in total. The van der Waals surface area contributed by atoms with Crippen molar-refractivity contribution in [2.45, 2.75) is 18.9 Å². The third-order valence-corrected chi connectivity index (χ3v) is 2.98. The molecule has 0 bridgehead atoms. The van der Waals surface area contributed by atoms with Crippen molar-refractivity contribution < 1.29 is 19.8 Å². The van der Waals surface area contributed by atoms with Crippen LogP contribution in [0.1, 0.15) is 33.2 Å². The molecule has 84 valence electrons. The number of fused-ring (bicyclic) bond motifs is 1. The quantitative estimate of drug-likeness (QED) is 0.705. The standard InChI is InChI=1S/C12H12O4/c1-2-7-4-3-5-8-9(7)11(15)12(16,6-13)10(8)14/h3-5,13,16H,2,6H2,1H3. The van der Waals surface area contributed by atoms with Gasteiger partial charge in [-0.1, -0.05) is 25.1 Å². The van der Waals surface area contributed by atoms with E-state index in [9.17, 15) is 14.7 Å². The molecule has 0 aromatic heterocycles. The van der Waals surface area contributed by atoms with Crippen LogP contribution in [0.25, 0.3) is 0 Å². The minimum absolute atomic E-state index is 0.209. The molecule has 0 aliphatic heterocycles. The molecule has 0 saturated heterocycles. The van der Waals surface area contributed by atoms with Crippen LogP contribution in [0.5, 0.6) is 0 Å². The highest BCUT2D eigenvalue weighted by molar-refractivity contribution is 6.32.